The van der Waals surface area contributed by atoms with Crippen LogP contribution >= 0.6 is 11.8 Å². The third-order valence-electron chi connectivity index (χ3n) is 5.98. The summed E-state index contributed by atoms with van der Waals surface area (Å²) in [5.41, 5.74) is 3.93. The lowest BCUT2D eigenvalue weighted by molar-refractivity contribution is -0.136. The van der Waals surface area contributed by atoms with E-state index in [9.17, 15) is 31.5 Å². The van der Waals surface area contributed by atoms with Crippen molar-refractivity contribution < 1.29 is 41.0 Å². The molecule has 3 aromatic rings. The Kier molecular flexibility index (Phi) is 8.20. The summed E-state index contributed by atoms with van der Waals surface area (Å²) in [6.07, 6.45) is -1.02. The van der Waals surface area contributed by atoms with E-state index >= 15 is 0 Å². The van der Waals surface area contributed by atoms with Crippen LogP contribution < -0.4 is 10.1 Å². The highest BCUT2D eigenvalue weighted by Gasteiger charge is 2.33. The molecule has 11 heteroatoms. The number of halogens is 5. The van der Waals surface area contributed by atoms with Crippen molar-refractivity contribution in [1.29, 1.82) is 0 Å². The van der Waals surface area contributed by atoms with Gasteiger partial charge in [0.25, 0.3) is 0 Å². The Labute approximate surface area is 225 Å². The van der Waals surface area contributed by atoms with Gasteiger partial charge in [0.2, 0.25) is 34.8 Å². The van der Waals surface area contributed by atoms with Crippen molar-refractivity contribution in [3.05, 3.63) is 88.7 Å². The summed E-state index contributed by atoms with van der Waals surface area (Å²) in [5.74, 6) is -15.1. The predicted octanol–water partition coefficient (Wildman–Crippen LogP) is 6.73. The van der Waals surface area contributed by atoms with Gasteiger partial charge in [-0.15, -0.1) is 0 Å². The number of thioether (sulfide) groups is 1. The lowest BCUT2D eigenvalue weighted by atomic mass is 9.98. The summed E-state index contributed by atoms with van der Waals surface area (Å²) in [6.45, 7) is 5.37. The van der Waals surface area contributed by atoms with E-state index in [1.807, 2.05) is 69.3 Å². The normalized spacial score (nSPS) is 13.4. The third-order valence-corrected chi connectivity index (χ3v) is 7.34. The lowest BCUT2D eigenvalue weighted by Crippen LogP contribution is -2.46. The molecule has 206 valence electrons. The number of carbonyl (C=O) groups is 2. The number of carbonyl (C=O) groups excluding carboxylic acids is 2. The second-order valence-electron chi connectivity index (χ2n) is 9.77. The second-order valence-corrected chi connectivity index (χ2v) is 11.6. The molecule has 0 aromatic heterocycles. The van der Waals surface area contributed by atoms with Crippen LogP contribution in [0.15, 0.2) is 48.5 Å². The first-order valence-corrected chi connectivity index (χ1v) is 12.9. The Morgan fingerprint density at radius 1 is 0.846 bits per heavy atom. The van der Waals surface area contributed by atoms with Crippen molar-refractivity contribution >= 4 is 23.8 Å². The van der Waals surface area contributed by atoms with Gasteiger partial charge in [0.15, 0.2) is 0 Å². The number of ether oxygens (including phenoxy) is 2. The molecule has 0 saturated carbocycles. The Balaban J connectivity index is 1.50. The van der Waals surface area contributed by atoms with Gasteiger partial charge < -0.3 is 14.8 Å². The van der Waals surface area contributed by atoms with Crippen LogP contribution in [0, 0.1) is 29.1 Å². The SMILES string of the molecule is CC(C)(C)SCC(NC(=O)OCC1c2ccccc2-c2ccccc21)C(=O)Oc1c(F)c(F)c(F)c(F)c1F. The minimum Gasteiger partial charge on any atom is -0.449 e. The fourth-order valence-electron chi connectivity index (χ4n) is 4.13. The summed E-state index contributed by atoms with van der Waals surface area (Å²) in [4.78, 5) is 25.5. The van der Waals surface area contributed by atoms with Crippen LogP contribution in [0.2, 0.25) is 0 Å². The summed E-state index contributed by atoms with van der Waals surface area (Å²) < 4.78 is 78.3. The van der Waals surface area contributed by atoms with Crippen LogP contribution in [0.4, 0.5) is 26.7 Å². The van der Waals surface area contributed by atoms with E-state index in [0.717, 1.165) is 22.3 Å². The highest BCUT2D eigenvalue weighted by atomic mass is 32.2. The summed E-state index contributed by atoms with van der Waals surface area (Å²) >= 11 is 1.20. The van der Waals surface area contributed by atoms with Gasteiger partial charge in [-0.05, 0) is 22.3 Å². The maximum absolute atomic E-state index is 14.1. The zero-order chi connectivity index (χ0) is 28.5. The molecule has 3 aromatic carbocycles. The number of amides is 1. The average molecular weight is 566 g/mol. The van der Waals surface area contributed by atoms with Gasteiger partial charge in [0.05, 0.1) is 0 Å². The standard InChI is InChI=1S/C28H24F5NO4S/c1-28(2,3)39-13-19(26(35)38-25-23(32)21(30)20(29)22(31)24(25)33)34-27(36)37-12-18-16-10-6-4-8-14(16)15-9-5-7-11-17(15)18/h4-11,18-19H,12-13H2,1-3H3,(H,34,36). The monoisotopic (exact) mass is 565 g/mol. The van der Waals surface area contributed by atoms with Crippen LogP contribution in [0.5, 0.6) is 5.75 Å². The van der Waals surface area contributed by atoms with E-state index in [4.69, 9.17) is 4.74 Å². The topological polar surface area (TPSA) is 64.6 Å². The van der Waals surface area contributed by atoms with Crippen LogP contribution in [0.1, 0.15) is 37.8 Å². The summed E-state index contributed by atoms with van der Waals surface area (Å²) in [6, 6.07) is 13.8. The van der Waals surface area contributed by atoms with E-state index < -0.39 is 57.7 Å². The van der Waals surface area contributed by atoms with E-state index in [2.05, 4.69) is 10.1 Å². The van der Waals surface area contributed by atoms with Crippen LogP contribution in [-0.4, -0.2) is 35.2 Å². The van der Waals surface area contributed by atoms with E-state index in [1.54, 1.807) is 0 Å². The predicted molar refractivity (Wildman–Crippen MR) is 136 cm³/mol. The fourth-order valence-corrected chi connectivity index (χ4v) is 5.02. The van der Waals surface area contributed by atoms with Gasteiger partial charge in [-0.3, -0.25) is 0 Å². The maximum Gasteiger partial charge on any atom is 0.407 e. The second kappa shape index (κ2) is 11.3. The number of alkyl carbamates (subject to hydrolysis) is 1. The first-order chi connectivity index (χ1) is 18.4. The lowest BCUT2D eigenvalue weighted by Gasteiger charge is -2.23. The number of esters is 1. The van der Waals surface area contributed by atoms with Gasteiger partial charge in [0, 0.05) is 16.4 Å². The molecule has 0 heterocycles. The molecule has 0 radical (unpaired) electrons. The molecule has 1 unspecified atom stereocenters. The van der Waals surface area contributed by atoms with Crippen molar-refractivity contribution in [3.63, 3.8) is 0 Å². The first-order valence-electron chi connectivity index (χ1n) is 11.9. The Hall–Kier alpha value is -3.60. The number of benzene rings is 3. The molecular weight excluding hydrogens is 541 g/mol. The van der Waals surface area contributed by atoms with Crippen molar-refractivity contribution in [3.8, 4) is 16.9 Å². The van der Waals surface area contributed by atoms with Crippen LogP contribution in [-0.2, 0) is 9.53 Å². The molecule has 4 rings (SSSR count). The molecule has 5 nitrogen and oxygen atoms in total. The Morgan fingerprint density at radius 3 is 1.85 bits per heavy atom. The van der Waals surface area contributed by atoms with Gasteiger partial charge in [-0.1, -0.05) is 69.3 Å². The summed E-state index contributed by atoms with van der Waals surface area (Å²) in [7, 11) is 0. The molecule has 1 N–H and O–H groups in total. The van der Waals surface area contributed by atoms with E-state index in [0.29, 0.717) is 0 Å². The smallest absolute Gasteiger partial charge is 0.407 e. The minimum atomic E-state index is -2.39. The third kappa shape index (κ3) is 6.03. The van der Waals surface area contributed by atoms with Crippen molar-refractivity contribution in [2.75, 3.05) is 12.4 Å². The van der Waals surface area contributed by atoms with Gasteiger partial charge >= 0.3 is 12.1 Å². The number of hydrogen-bond donors (Lipinski definition) is 1. The molecule has 0 spiro atoms. The Morgan fingerprint density at radius 2 is 1.33 bits per heavy atom. The van der Waals surface area contributed by atoms with Gasteiger partial charge in [-0.2, -0.15) is 20.5 Å². The minimum absolute atomic E-state index is 0.0777. The molecule has 1 aliphatic rings. The largest absolute Gasteiger partial charge is 0.449 e. The fraction of sp³-hybridized carbons (Fsp3) is 0.286. The molecule has 1 amide bonds. The average Bonchev–Trinajstić information content (AvgIpc) is 3.23. The van der Waals surface area contributed by atoms with E-state index in [-0.39, 0.29) is 18.3 Å². The first kappa shape index (κ1) is 28.4. The molecule has 0 fully saturated rings. The van der Waals surface area contributed by atoms with Crippen molar-refractivity contribution in [2.24, 2.45) is 0 Å². The maximum atomic E-state index is 14.1. The van der Waals surface area contributed by atoms with Crippen LogP contribution in [0.3, 0.4) is 0 Å². The highest BCUT2D eigenvalue weighted by Crippen LogP contribution is 2.44. The number of rotatable bonds is 7. The van der Waals surface area contributed by atoms with Crippen LogP contribution in [0.25, 0.3) is 11.1 Å². The summed E-state index contributed by atoms with van der Waals surface area (Å²) in [5, 5.41) is 2.30. The van der Waals surface area contributed by atoms with Gasteiger partial charge in [0.1, 0.15) is 12.6 Å². The number of hydrogen-bond acceptors (Lipinski definition) is 5. The molecule has 0 bridgehead atoms. The number of nitrogens with one attached hydrogen (secondary N) is 1. The molecule has 1 aliphatic carbocycles. The van der Waals surface area contributed by atoms with Crippen molar-refractivity contribution in [1.82, 2.24) is 5.32 Å². The number of fused-ring (bicyclic) bond motifs is 3. The quantitative estimate of drug-likeness (QED) is 0.113. The van der Waals surface area contributed by atoms with Crippen molar-refractivity contribution in [2.45, 2.75) is 37.5 Å². The zero-order valence-corrected chi connectivity index (χ0v) is 21.9. The highest BCUT2D eigenvalue weighted by molar-refractivity contribution is 8.00. The molecule has 1 atom stereocenters. The zero-order valence-electron chi connectivity index (χ0n) is 21.1. The molecule has 39 heavy (non-hydrogen) atoms. The molecule has 0 aliphatic heterocycles. The molecular formula is C28H24F5NO4S. The molecule has 0 saturated heterocycles. The Bertz CT molecular complexity index is 1350. The van der Waals surface area contributed by atoms with Gasteiger partial charge in [-0.25, -0.2) is 22.8 Å². The van der Waals surface area contributed by atoms with E-state index in [1.165, 1.54) is 11.8 Å².